The van der Waals surface area contributed by atoms with E-state index in [2.05, 4.69) is 44.6 Å². The molecule has 0 radical (unpaired) electrons. The topological polar surface area (TPSA) is 69.2 Å². The standard InChI is InChI=1S/C27H22BrClN2O4/c1-33-25-14-18(15-30-35-17-26(32)31-22-11-9-21(29)10-12-22)13-24(28)27(25)34-16-20-7-4-6-19-5-2-3-8-23(19)20/h2-15H,16-17H2,1H3,(H,31,32)/b30-15+. The Balaban J connectivity index is 1.37. The molecule has 0 heterocycles. The Morgan fingerprint density at radius 1 is 1.06 bits per heavy atom. The van der Waals surface area contributed by atoms with Gasteiger partial charge < -0.3 is 19.6 Å². The summed E-state index contributed by atoms with van der Waals surface area (Å²) in [5.41, 5.74) is 2.41. The molecule has 0 aromatic heterocycles. The third-order valence-electron chi connectivity index (χ3n) is 5.10. The van der Waals surface area contributed by atoms with E-state index in [9.17, 15) is 4.79 Å². The first-order valence-corrected chi connectivity index (χ1v) is 11.9. The minimum atomic E-state index is -0.333. The van der Waals surface area contributed by atoms with E-state index >= 15 is 0 Å². The van der Waals surface area contributed by atoms with Gasteiger partial charge in [-0.3, -0.25) is 4.79 Å². The average molecular weight is 554 g/mol. The van der Waals surface area contributed by atoms with Crippen LogP contribution in [0.5, 0.6) is 11.5 Å². The third-order valence-corrected chi connectivity index (χ3v) is 5.94. The molecule has 6 nitrogen and oxygen atoms in total. The van der Waals surface area contributed by atoms with Crippen molar-refractivity contribution in [1.29, 1.82) is 0 Å². The van der Waals surface area contributed by atoms with Crippen molar-refractivity contribution in [3.8, 4) is 11.5 Å². The predicted octanol–water partition coefficient (Wildman–Crippen LogP) is 6.83. The maximum atomic E-state index is 12.0. The molecule has 4 aromatic rings. The van der Waals surface area contributed by atoms with Gasteiger partial charge in [-0.05, 0) is 68.7 Å². The highest BCUT2D eigenvalue weighted by Crippen LogP contribution is 2.37. The second kappa shape index (κ2) is 11.7. The number of methoxy groups -OCH3 is 1. The fraction of sp³-hybridized carbons (Fsp3) is 0.111. The van der Waals surface area contributed by atoms with Gasteiger partial charge in [0.15, 0.2) is 18.1 Å². The molecule has 4 aromatic carbocycles. The number of fused-ring (bicyclic) bond motifs is 1. The van der Waals surface area contributed by atoms with Crippen LogP contribution in [-0.4, -0.2) is 25.8 Å². The predicted molar refractivity (Wildman–Crippen MR) is 143 cm³/mol. The van der Waals surface area contributed by atoms with E-state index in [1.807, 2.05) is 30.3 Å². The van der Waals surface area contributed by atoms with Crippen molar-refractivity contribution in [1.82, 2.24) is 0 Å². The van der Waals surface area contributed by atoms with Gasteiger partial charge in [-0.1, -0.05) is 59.2 Å². The molecule has 0 aliphatic carbocycles. The molecule has 1 amide bonds. The van der Waals surface area contributed by atoms with Crippen LogP contribution in [0.3, 0.4) is 0 Å². The van der Waals surface area contributed by atoms with Gasteiger partial charge in [0.1, 0.15) is 6.61 Å². The number of carbonyl (C=O) groups excluding carboxylic acids is 1. The zero-order chi connectivity index (χ0) is 24.6. The molecule has 0 aliphatic rings. The number of nitrogens with zero attached hydrogens (tertiary/aromatic N) is 1. The molecule has 1 N–H and O–H groups in total. The summed E-state index contributed by atoms with van der Waals surface area (Å²) in [4.78, 5) is 17.1. The number of halogens is 2. The summed E-state index contributed by atoms with van der Waals surface area (Å²) in [5, 5.41) is 9.49. The molecule has 0 atom stereocenters. The maximum absolute atomic E-state index is 12.0. The lowest BCUT2D eigenvalue weighted by Gasteiger charge is -2.14. The first kappa shape index (κ1) is 24.6. The van der Waals surface area contributed by atoms with E-state index in [1.165, 1.54) is 6.21 Å². The highest BCUT2D eigenvalue weighted by molar-refractivity contribution is 9.10. The lowest BCUT2D eigenvalue weighted by Crippen LogP contribution is -2.16. The van der Waals surface area contributed by atoms with Crippen LogP contribution in [0.25, 0.3) is 10.8 Å². The zero-order valence-electron chi connectivity index (χ0n) is 18.8. The average Bonchev–Trinajstić information content (AvgIpc) is 2.87. The van der Waals surface area contributed by atoms with Gasteiger partial charge in [0.05, 0.1) is 17.8 Å². The summed E-state index contributed by atoms with van der Waals surface area (Å²) in [6.45, 7) is 0.152. The van der Waals surface area contributed by atoms with Crippen LogP contribution >= 0.6 is 27.5 Å². The lowest BCUT2D eigenvalue weighted by atomic mass is 10.1. The lowest BCUT2D eigenvalue weighted by molar-refractivity contribution is -0.120. The molecule has 0 spiro atoms. The molecule has 0 bridgehead atoms. The minimum Gasteiger partial charge on any atom is -0.493 e. The number of hydrogen-bond donors (Lipinski definition) is 1. The van der Waals surface area contributed by atoms with E-state index in [4.69, 9.17) is 25.9 Å². The van der Waals surface area contributed by atoms with E-state index in [1.54, 1.807) is 37.4 Å². The normalized spacial score (nSPS) is 10.9. The summed E-state index contributed by atoms with van der Waals surface area (Å²) in [6, 6.07) is 24.7. The van der Waals surface area contributed by atoms with Crippen molar-refractivity contribution in [3.63, 3.8) is 0 Å². The monoisotopic (exact) mass is 552 g/mol. The Morgan fingerprint density at radius 3 is 2.63 bits per heavy atom. The molecule has 0 fully saturated rings. The molecular weight excluding hydrogens is 532 g/mol. The van der Waals surface area contributed by atoms with Crippen LogP contribution in [-0.2, 0) is 16.2 Å². The van der Waals surface area contributed by atoms with Crippen molar-refractivity contribution < 1.29 is 19.1 Å². The molecule has 4 rings (SSSR count). The van der Waals surface area contributed by atoms with Gasteiger partial charge in [0.2, 0.25) is 0 Å². The Bertz CT molecular complexity index is 1350. The number of anilines is 1. The van der Waals surface area contributed by atoms with Gasteiger partial charge in [-0.25, -0.2) is 0 Å². The number of ether oxygens (including phenoxy) is 2. The second-order valence-electron chi connectivity index (χ2n) is 7.52. The first-order valence-electron chi connectivity index (χ1n) is 10.7. The maximum Gasteiger partial charge on any atom is 0.265 e. The fourth-order valence-corrected chi connectivity index (χ4v) is 4.15. The van der Waals surface area contributed by atoms with E-state index in [0.717, 1.165) is 16.3 Å². The molecular formula is C27H22BrClN2O4. The van der Waals surface area contributed by atoms with Gasteiger partial charge in [0.25, 0.3) is 5.91 Å². The van der Waals surface area contributed by atoms with E-state index in [0.29, 0.717) is 38.9 Å². The molecule has 0 saturated carbocycles. The highest BCUT2D eigenvalue weighted by atomic mass is 79.9. The van der Waals surface area contributed by atoms with Crippen LogP contribution in [0.4, 0.5) is 5.69 Å². The zero-order valence-corrected chi connectivity index (χ0v) is 21.2. The fourth-order valence-electron chi connectivity index (χ4n) is 3.45. The number of carbonyl (C=O) groups is 1. The Hall–Kier alpha value is -3.55. The van der Waals surface area contributed by atoms with Crippen LogP contribution in [0.15, 0.2) is 88.5 Å². The van der Waals surface area contributed by atoms with Gasteiger partial charge in [-0.2, -0.15) is 0 Å². The van der Waals surface area contributed by atoms with Crippen LogP contribution < -0.4 is 14.8 Å². The van der Waals surface area contributed by atoms with Crippen LogP contribution in [0, 0.1) is 0 Å². The van der Waals surface area contributed by atoms with Crippen molar-refractivity contribution in [3.05, 3.63) is 99.5 Å². The van der Waals surface area contributed by atoms with Gasteiger partial charge in [-0.15, -0.1) is 0 Å². The van der Waals surface area contributed by atoms with Crippen LogP contribution in [0.2, 0.25) is 5.02 Å². The molecule has 0 saturated heterocycles. The number of nitrogens with one attached hydrogen (secondary N) is 1. The highest BCUT2D eigenvalue weighted by Gasteiger charge is 2.12. The van der Waals surface area contributed by atoms with Crippen LogP contribution in [0.1, 0.15) is 11.1 Å². The molecule has 8 heteroatoms. The Labute approximate surface area is 216 Å². The molecule has 178 valence electrons. The van der Waals surface area contributed by atoms with E-state index in [-0.39, 0.29) is 12.5 Å². The summed E-state index contributed by atoms with van der Waals surface area (Å²) >= 11 is 9.40. The summed E-state index contributed by atoms with van der Waals surface area (Å²) in [7, 11) is 1.57. The van der Waals surface area contributed by atoms with Gasteiger partial charge in [0, 0.05) is 16.3 Å². The summed E-state index contributed by atoms with van der Waals surface area (Å²) in [6.07, 6.45) is 1.50. The first-order chi connectivity index (χ1) is 17.0. The van der Waals surface area contributed by atoms with E-state index < -0.39 is 0 Å². The quantitative estimate of drug-likeness (QED) is 0.182. The molecule has 0 unspecified atom stereocenters. The van der Waals surface area contributed by atoms with Crippen molar-refractivity contribution in [2.24, 2.45) is 5.16 Å². The van der Waals surface area contributed by atoms with Gasteiger partial charge >= 0.3 is 0 Å². The molecule has 0 aliphatic heterocycles. The number of hydrogen-bond acceptors (Lipinski definition) is 5. The summed E-state index contributed by atoms with van der Waals surface area (Å²) < 4.78 is 12.4. The SMILES string of the molecule is COc1cc(/C=N/OCC(=O)Nc2ccc(Cl)cc2)cc(Br)c1OCc1cccc2ccccc12. The van der Waals surface area contributed by atoms with Crippen molar-refractivity contribution in [2.45, 2.75) is 6.61 Å². The number of rotatable bonds is 9. The molecule has 35 heavy (non-hydrogen) atoms. The largest absolute Gasteiger partial charge is 0.493 e. The smallest absolute Gasteiger partial charge is 0.265 e. The van der Waals surface area contributed by atoms with Crippen molar-refractivity contribution >= 4 is 56.1 Å². The Kier molecular flexibility index (Phi) is 8.23. The number of benzene rings is 4. The summed E-state index contributed by atoms with van der Waals surface area (Å²) in [5.74, 6) is 0.794. The number of amides is 1. The Morgan fingerprint density at radius 2 is 1.83 bits per heavy atom. The second-order valence-corrected chi connectivity index (χ2v) is 8.81. The van der Waals surface area contributed by atoms with Crippen molar-refractivity contribution in [2.75, 3.05) is 19.0 Å². The number of oxime groups is 1. The minimum absolute atomic E-state index is 0.232. The third kappa shape index (κ3) is 6.53.